The van der Waals surface area contributed by atoms with Crippen LogP contribution in [0.2, 0.25) is 0 Å². The number of likely N-dealkylation sites (tertiary alicyclic amines) is 1. The second kappa shape index (κ2) is 12.9. The normalized spacial score (nSPS) is 23.5. The molecule has 0 atom stereocenters. The van der Waals surface area contributed by atoms with E-state index in [0.717, 1.165) is 52.2 Å². The standard InChI is InChI=1S/C21H39N5O3.HI/c1-2-29-20(27)26-10-6-18(7-11-26)24-19(22)23-16-21(8-4-3-5-9-21)17-25-12-14-28-15-13-25;/h18H,2-17H2,1H3,(H3,22,23,24);1H. The van der Waals surface area contributed by atoms with Crippen molar-refractivity contribution in [1.82, 2.24) is 15.1 Å². The number of piperidine rings is 1. The Hall–Kier alpha value is -0.810. The summed E-state index contributed by atoms with van der Waals surface area (Å²) in [7, 11) is 0. The molecule has 0 bridgehead atoms. The summed E-state index contributed by atoms with van der Waals surface area (Å²) in [4.78, 5) is 20.9. The van der Waals surface area contributed by atoms with E-state index in [1.54, 1.807) is 4.90 Å². The van der Waals surface area contributed by atoms with Crippen molar-refractivity contribution >= 4 is 36.0 Å². The Kier molecular flexibility index (Phi) is 10.9. The summed E-state index contributed by atoms with van der Waals surface area (Å²) in [6, 6.07) is 0.269. The van der Waals surface area contributed by atoms with Crippen LogP contribution < -0.4 is 11.1 Å². The van der Waals surface area contributed by atoms with Crippen LogP contribution >= 0.6 is 24.0 Å². The molecule has 0 radical (unpaired) electrons. The number of hydrogen-bond donors (Lipinski definition) is 2. The van der Waals surface area contributed by atoms with E-state index >= 15 is 0 Å². The summed E-state index contributed by atoms with van der Waals surface area (Å²) in [6.45, 7) is 9.29. The Balaban J connectivity index is 0.00000320. The van der Waals surface area contributed by atoms with Crippen molar-refractivity contribution in [3.05, 3.63) is 0 Å². The highest BCUT2D eigenvalue weighted by Gasteiger charge is 2.34. The SMILES string of the molecule is CCOC(=O)N1CCC(NC(N)=NCC2(CN3CCOCC3)CCCCC2)CC1.I. The zero-order valence-electron chi connectivity index (χ0n) is 18.4. The summed E-state index contributed by atoms with van der Waals surface area (Å²) >= 11 is 0. The molecule has 174 valence electrons. The second-order valence-corrected chi connectivity index (χ2v) is 8.76. The first-order valence-electron chi connectivity index (χ1n) is 11.4. The van der Waals surface area contributed by atoms with E-state index in [-0.39, 0.29) is 41.5 Å². The number of hydrogen-bond acceptors (Lipinski definition) is 5. The first-order valence-corrected chi connectivity index (χ1v) is 11.4. The zero-order valence-corrected chi connectivity index (χ0v) is 20.8. The molecule has 0 aromatic rings. The van der Waals surface area contributed by atoms with E-state index in [1.807, 2.05) is 6.92 Å². The molecule has 3 rings (SSSR count). The van der Waals surface area contributed by atoms with Gasteiger partial charge in [-0.2, -0.15) is 0 Å². The predicted molar refractivity (Wildman–Crippen MR) is 129 cm³/mol. The number of nitrogens with two attached hydrogens (primary N) is 1. The molecule has 3 N–H and O–H groups in total. The summed E-state index contributed by atoms with van der Waals surface area (Å²) in [5.41, 5.74) is 6.50. The molecule has 9 heteroatoms. The Labute approximate surface area is 198 Å². The van der Waals surface area contributed by atoms with Gasteiger partial charge in [0.1, 0.15) is 0 Å². The maximum atomic E-state index is 11.8. The molecular weight excluding hydrogens is 497 g/mol. The fourth-order valence-electron chi connectivity index (χ4n) is 4.83. The van der Waals surface area contributed by atoms with Crippen molar-refractivity contribution < 1.29 is 14.3 Å². The largest absolute Gasteiger partial charge is 0.450 e. The van der Waals surface area contributed by atoms with Crippen molar-refractivity contribution in [1.29, 1.82) is 0 Å². The number of guanidine groups is 1. The Morgan fingerprint density at radius 1 is 1.17 bits per heavy atom. The quantitative estimate of drug-likeness (QED) is 0.307. The summed E-state index contributed by atoms with van der Waals surface area (Å²) in [5.74, 6) is 0.548. The van der Waals surface area contributed by atoms with Crippen LogP contribution in [-0.2, 0) is 9.47 Å². The molecule has 3 fully saturated rings. The minimum atomic E-state index is -0.213. The van der Waals surface area contributed by atoms with Gasteiger partial charge in [0.05, 0.1) is 19.8 Å². The van der Waals surface area contributed by atoms with Crippen molar-refractivity contribution in [3.63, 3.8) is 0 Å². The molecule has 8 nitrogen and oxygen atoms in total. The van der Waals surface area contributed by atoms with Crippen molar-refractivity contribution in [2.45, 2.75) is 57.9 Å². The van der Waals surface area contributed by atoms with Gasteiger partial charge >= 0.3 is 6.09 Å². The van der Waals surface area contributed by atoms with Crippen LogP contribution in [0.3, 0.4) is 0 Å². The monoisotopic (exact) mass is 537 g/mol. The topological polar surface area (TPSA) is 92.4 Å². The minimum Gasteiger partial charge on any atom is -0.450 e. The molecule has 2 heterocycles. The number of amides is 1. The molecule has 0 spiro atoms. The van der Waals surface area contributed by atoms with Gasteiger partial charge in [0.25, 0.3) is 0 Å². The third kappa shape index (κ3) is 7.71. The van der Waals surface area contributed by atoms with E-state index in [0.29, 0.717) is 25.7 Å². The lowest BCUT2D eigenvalue weighted by Gasteiger charge is -2.41. The van der Waals surface area contributed by atoms with Crippen molar-refractivity contribution in [3.8, 4) is 0 Å². The van der Waals surface area contributed by atoms with Crippen LogP contribution in [0.25, 0.3) is 0 Å². The molecule has 2 aliphatic heterocycles. The molecular formula is C21H40IN5O3. The van der Waals surface area contributed by atoms with Gasteiger partial charge in [-0.25, -0.2) is 4.79 Å². The van der Waals surface area contributed by atoms with E-state index in [9.17, 15) is 4.79 Å². The summed E-state index contributed by atoms with van der Waals surface area (Å²) in [6.07, 6.45) is 7.91. The molecule has 0 unspecified atom stereocenters. The molecule has 1 saturated carbocycles. The van der Waals surface area contributed by atoms with Gasteiger partial charge in [-0.05, 0) is 32.6 Å². The minimum absolute atomic E-state index is 0. The molecule has 30 heavy (non-hydrogen) atoms. The molecule has 2 saturated heterocycles. The highest BCUT2D eigenvalue weighted by molar-refractivity contribution is 14.0. The van der Waals surface area contributed by atoms with Gasteiger partial charge < -0.3 is 25.4 Å². The Morgan fingerprint density at radius 2 is 1.83 bits per heavy atom. The van der Waals surface area contributed by atoms with Crippen molar-refractivity contribution in [2.75, 3.05) is 59.1 Å². The number of carbonyl (C=O) groups is 1. The Bertz CT molecular complexity index is 543. The fourth-order valence-corrected chi connectivity index (χ4v) is 4.83. The van der Waals surface area contributed by atoms with E-state index in [2.05, 4.69) is 10.2 Å². The van der Waals surface area contributed by atoms with Gasteiger partial charge in [-0.1, -0.05) is 19.3 Å². The molecule has 0 aromatic carbocycles. The third-order valence-corrected chi connectivity index (χ3v) is 6.53. The zero-order chi connectivity index (χ0) is 20.5. The number of nitrogens with one attached hydrogen (secondary N) is 1. The number of nitrogens with zero attached hydrogens (tertiary/aromatic N) is 3. The fraction of sp³-hybridized carbons (Fsp3) is 0.905. The van der Waals surface area contributed by atoms with E-state index < -0.39 is 0 Å². The lowest BCUT2D eigenvalue weighted by Crippen LogP contribution is -2.49. The lowest BCUT2D eigenvalue weighted by molar-refractivity contribution is 0.00938. The summed E-state index contributed by atoms with van der Waals surface area (Å²) in [5, 5.41) is 3.39. The molecule has 1 aliphatic carbocycles. The molecule has 1 amide bonds. The first-order chi connectivity index (χ1) is 14.1. The van der Waals surface area contributed by atoms with Crippen LogP contribution in [0.15, 0.2) is 4.99 Å². The molecule has 0 aromatic heterocycles. The Morgan fingerprint density at radius 3 is 2.47 bits per heavy atom. The van der Waals surface area contributed by atoms with Gasteiger partial charge in [-0.15, -0.1) is 24.0 Å². The molecule has 3 aliphatic rings. The van der Waals surface area contributed by atoms with Gasteiger partial charge in [0.2, 0.25) is 0 Å². The van der Waals surface area contributed by atoms with Crippen LogP contribution in [0.5, 0.6) is 0 Å². The number of rotatable bonds is 6. The maximum absolute atomic E-state index is 11.8. The second-order valence-electron chi connectivity index (χ2n) is 8.76. The highest BCUT2D eigenvalue weighted by Crippen LogP contribution is 2.37. The lowest BCUT2D eigenvalue weighted by atomic mass is 9.73. The number of carbonyl (C=O) groups excluding carboxylic acids is 1. The summed E-state index contributed by atoms with van der Waals surface area (Å²) < 4.78 is 10.6. The number of aliphatic imine (C=N–C) groups is 1. The van der Waals surface area contributed by atoms with E-state index in [4.69, 9.17) is 20.2 Å². The highest BCUT2D eigenvalue weighted by atomic mass is 127. The number of ether oxygens (including phenoxy) is 2. The van der Waals surface area contributed by atoms with Crippen LogP contribution in [0, 0.1) is 5.41 Å². The van der Waals surface area contributed by atoms with E-state index in [1.165, 1.54) is 32.1 Å². The number of halogens is 1. The van der Waals surface area contributed by atoms with Gasteiger partial charge in [0, 0.05) is 50.7 Å². The predicted octanol–water partition coefficient (Wildman–Crippen LogP) is 2.41. The third-order valence-electron chi connectivity index (χ3n) is 6.53. The first kappa shape index (κ1) is 25.5. The van der Waals surface area contributed by atoms with Crippen LogP contribution in [0.1, 0.15) is 51.9 Å². The average molecular weight is 537 g/mol. The maximum Gasteiger partial charge on any atom is 0.409 e. The average Bonchev–Trinajstić information content (AvgIpc) is 2.74. The van der Waals surface area contributed by atoms with Gasteiger partial charge in [-0.3, -0.25) is 9.89 Å². The van der Waals surface area contributed by atoms with Gasteiger partial charge in [0.15, 0.2) is 5.96 Å². The van der Waals surface area contributed by atoms with Crippen LogP contribution in [-0.4, -0.2) is 87.0 Å². The van der Waals surface area contributed by atoms with Crippen LogP contribution in [0.4, 0.5) is 4.79 Å². The number of morpholine rings is 1. The smallest absolute Gasteiger partial charge is 0.409 e. The van der Waals surface area contributed by atoms with Crippen molar-refractivity contribution in [2.24, 2.45) is 16.1 Å².